The molecule has 20 heavy (non-hydrogen) atoms. The maximum Gasteiger partial charge on any atom is 0.137 e. The molecule has 1 fully saturated rings. The van der Waals surface area contributed by atoms with Crippen molar-refractivity contribution >= 4 is 17.4 Å². The first kappa shape index (κ1) is 15.6. The van der Waals surface area contributed by atoms with E-state index in [1.807, 2.05) is 6.07 Å². The van der Waals surface area contributed by atoms with Gasteiger partial charge < -0.3 is 4.90 Å². The Balaban J connectivity index is 2.29. The Morgan fingerprint density at radius 2 is 1.85 bits per heavy atom. The van der Waals surface area contributed by atoms with Crippen LogP contribution in [0.1, 0.15) is 59.2 Å². The van der Waals surface area contributed by atoms with Gasteiger partial charge in [-0.05, 0) is 18.8 Å². The van der Waals surface area contributed by atoms with Crippen LogP contribution >= 0.6 is 11.6 Å². The van der Waals surface area contributed by atoms with E-state index in [2.05, 4.69) is 44.6 Å². The molecule has 1 aromatic rings. The summed E-state index contributed by atoms with van der Waals surface area (Å²) in [5.41, 5.74) is -0.0847. The van der Waals surface area contributed by atoms with Gasteiger partial charge in [0, 0.05) is 24.6 Å². The van der Waals surface area contributed by atoms with E-state index in [4.69, 9.17) is 16.6 Å². The highest BCUT2D eigenvalue weighted by Crippen LogP contribution is 2.31. The van der Waals surface area contributed by atoms with Gasteiger partial charge >= 0.3 is 0 Å². The number of anilines is 1. The summed E-state index contributed by atoms with van der Waals surface area (Å²) in [6.07, 6.45) is 5.21. The smallest absolute Gasteiger partial charge is 0.137 e. The lowest BCUT2D eigenvalue weighted by atomic mass is 9.85. The molecule has 0 aromatic carbocycles. The third-order valence-corrected chi connectivity index (χ3v) is 4.47. The number of rotatable bonds is 2. The van der Waals surface area contributed by atoms with Crippen molar-refractivity contribution in [3.63, 3.8) is 0 Å². The molecule has 1 aliphatic rings. The van der Waals surface area contributed by atoms with E-state index in [1.165, 1.54) is 25.7 Å². The number of hydrogen-bond donors (Lipinski definition) is 0. The van der Waals surface area contributed by atoms with Crippen LogP contribution in [-0.4, -0.2) is 23.1 Å². The number of aromatic nitrogens is 2. The Labute approximate surface area is 127 Å². The Hall–Kier alpha value is -0.830. The van der Waals surface area contributed by atoms with Gasteiger partial charge in [-0.25, -0.2) is 9.97 Å². The first-order chi connectivity index (χ1) is 9.29. The third-order valence-electron chi connectivity index (χ3n) is 4.28. The molecular weight excluding hydrogens is 270 g/mol. The Morgan fingerprint density at radius 1 is 1.20 bits per heavy atom. The highest BCUT2D eigenvalue weighted by molar-refractivity contribution is 6.29. The molecule has 1 aromatic heterocycles. The molecule has 0 radical (unpaired) electrons. The SMILES string of the molecule is CC1CCCCC1N(C)c1cc(Cl)nc(C(C)(C)C)n1. The van der Waals surface area contributed by atoms with Gasteiger partial charge in [0.2, 0.25) is 0 Å². The van der Waals surface area contributed by atoms with E-state index in [-0.39, 0.29) is 5.41 Å². The van der Waals surface area contributed by atoms with Gasteiger partial charge in [0.15, 0.2) is 0 Å². The fraction of sp³-hybridized carbons (Fsp3) is 0.750. The molecule has 112 valence electrons. The van der Waals surface area contributed by atoms with Crippen molar-refractivity contribution in [2.24, 2.45) is 5.92 Å². The molecular formula is C16H26ClN3. The highest BCUT2D eigenvalue weighted by Gasteiger charge is 2.27. The van der Waals surface area contributed by atoms with Gasteiger partial charge in [-0.2, -0.15) is 0 Å². The van der Waals surface area contributed by atoms with Crippen LogP contribution in [0, 0.1) is 5.92 Å². The van der Waals surface area contributed by atoms with Crippen molar-refractivity contribution in [3.8, 4) is 0 Å². The van der Waals surface area contributed by atoms with Crippen LogP contribution in [0.4, 0.5) is 5.82 Å². The van der Waals surface area contributed by atoms with Crippen molar-refractivity contribution in [1.29, 1.82) is 0 Å². The lowest BCUT2D eigenvalue weighted by Crippen LogP contribution is -2.39. The minimum atomic E-state index is -0.0847. The third kappa shape index (κ3) is 3.43. The van der Waals surface area contributed by atoms with Crippen LogP contribution < -0.4 is 4.90 Å². The fourth-order valence-electron chi connectivity index (χ4n) is 2.96. The molecule has 0 amide bonds. The molecule has 0 N–H and O–H groups in total. The molecule has 0 spiro atoms. The average molecular weight is 296 g/mol. The van der Waals surface area contributed by atoms with Gasteiger partial charge in [0.25, 0.3) is 0 Å². The molecule has 0 bridgehead atoms. The second-order valence-corrected chi connectivity index (χ2v) is 7.45. The summed E-state index contributed by atoms with van der Waals surface area (Å²) in [7, 11) is 2.14. The molecule has 1 aliphatic carbocycles. The zero-order valence-electron chi connectivity index (χ0n) is 13.3. The van der Waals surface area contributed by atoms with Gasteiger partial charge in [0.05, 0.1) is 0 Å². The van der Waals surface area contributed by atoms with E-state index in [0.29, 0.717) is 17.1 Å². The van der Waals surface area contributed by atoms with E-state index in [0.717, 1.165) is 11.6 Å². The number of nitrogens with zero attached hydrogens (tertiary/aromatic N) is 3. The minimum Gasteiger partial charge on any atom is -0.356 e. The monoisotopic (exact) mass is 295 g/mol. The predicted molar refractivity (Wildman–Crippen MR) is 85.6 cm³/mol. The Morgan fingerprint density at radius 3 is 2.45 bits per heavy atom. The first-order valence-electron chi connectivity index (χ1n) is 7.57. The molecule has 4 heteroatoms. The summed E-state index contributed by atoms with van der Waals surface area (Å²) in [6, 6.07) is 2.44. The van der Waals surface area contributed by atoms with Gasteiger partial charge in [0.1, 0.15) is 16.8 Å². The summed E-state index contributed by atoms with van der Waals surface area (Å²) >= 11 is 6.20. The topological polar surface area (TPSA) is 29.0 Å². The standard InChI is InChI=1S/C16H26ClN3/c1-11-8-6-7-9-12(11)20(5)14-10-13(17)18-15(19-14)16(2,3)4/h10-12H,6-9H2,1-5H3. The van der Waals surface area contributed by atoms with E-state index >= 15 is 0 Å². The van der Waals surface area contributed by atoms with Gasteiger partial charge in [-0.15, -0.1) is 0 Å². The molecule has 1 saturated carbocycles. The molecule has 0 aliphatic heterocycles. The molecule has 3 nitrogen and oxygen atoms in total. The molecule has 2 unspecified atom stereocenters. The number of hydrogen-bond acceptors (Lipinski definition) is 3. The summed E-state index contributed by atoms with van der Waals surface area (Å²) in [5.74, 6) is 2.48. The summed E-state index contributed by atoms with van der Waals surface area (Å²) in [5, 5.41) is 0.537. The fourth-order valence-corrected chi connectivity index (χ4v) is 3.14. The average Bonchev–Trinajstić information content (AvgIpc) is 2.37. The van der Waals surface area contributed by atoms with Crippen LogP contribution in [0.5, 0.6) is 0 Å². The van der Waals surface area contributed by atoms with Crippen molar-refractivity contribution < 1.29 is 0 Å². The largest absolute Gasteiger partial charge is 0.356 e. The van der Waals surface area contributed by atoms with Crippen LogP contribution in [-0.2, 0) is 5.41 Å². The first-order valence-corrected chi connectivity index (χ1v) is 7.94. The summed E-state index contributed by atoms with van der Waals surface area (Å²) in [4.78, 5) is 11.4. The summed E-state index contributed by atoms with van der Waals surface area (Å²) in [6.45, 7) is 8.69. The predicted octanol–water partition coefficient (Wildman–Crippen LogP) is 4.44. The van der Waals surface area contributed by atoms with Crippen LogP contribution in [0.3, 0.4) is 0 Å². The molecule has 0 saturated heterocycles. The highest BCUT2D eigenvalue weighted by atomic mass is 35.5. The molecule has 2 atom stereocenters. The maximum atomic E-state index is 6.20. The van der Waals surface area contributed by atoms with Crippen LogP contribution in [0.25, 0.3) is 0 Å². The Bertz CT molecular complexity index is 467. The zero-order valence-corrected chi connectivity index (χ0v) is 14.0. The zero-order chi connectivity index (χ0) is 14.9. The van der Waals surface area contributed by atoms with Crippen molar-refractivity contribution in [3.05, 3.63) is 17.0 Å². The normalized spacial score (nSPS) is 23.7. The van der Waals surface area contributed by atoms with E-state index < -0.39 is 0 Å². The maximum absolute atomic E-state index is 6.20. The second kappa shape index (κ2) is 5.88. The number of halogens is 1. The van der Waals surface area contributed by atoms with Crippen LogP contribution in [0.2, 0.25) is 5.15 Å². The molecule has 1 heterocycles. The Kier molecular flexibility index (Phi) is 4.58. The quantitative estimate of drug-likeness (QED) is 0.755. The van der Waals surface area contributed by atoms with Crippen molar-refractivity contribution in [1.82, 2.24) is 9.97 Å². The van der Waals surface area contributed by atoms with Gasteiger partial charge in [-0.1, -0.05) is 52.1 Å². The molecule has 2 rings (SSSR count). The van der Waals surface area contributed by atoms with E-state index in [1.54, 1.807) is 0 Å². The van der Waals surface area contributed by atoms with Crippen molar-refractivity contribution in [2.45, 2.75) is 64.8 Å². The lowest BCUT2D eigenvalue weighted by molar-refractivity contribution is 0.320. The second-order valence-electron chi connectivity index (χ2n) is 7.06. The summed E-state index contributed by atoms with van der Waals surface area (Å²) < 4.78 is 0. The van der Waals surface area contributed by atoms with Gasteiger partial charge in [-0.3, -0.25) is 0 Å². The van der Waals surface area contributed by atoms with Crippen molar-refractivity contribution in [2.75, 3.05) is 11.9 Å². The van der Waals surface area contributed by atoms with Crippen LogP contribution in [0.15, 0.2) is 6.07 Å². The minimum absolute atomic E-state index is 0.0847. The lowest BCUT2D eigenvalue weighted by Gasteiger charge is -2.37. The van der Waals surface area contributed by atoms with E-state index in [9.17, 15) is 0 Å².